The predicted molar refractivity (Wildman–Crippen MR) is 85.5 cm³/mol. The highest BCUT2D eigenvalue weighted by Crippen LogP contribution is 2.19. The van der Waals surface area contributed by atoms with E-state index in [9.17, 15) is 4.79 Å². The van der Waals surface area contributed by atoms with Crippen LogP contribution in [0.15, 0.2) is 53.4 Å². The van der Waals surface area contributed by atoms with Crippen LogP contribution in [0.2, 0.25) is 0 Å². The molecule has 0 saturated heterocycles. The maximum Gasteiger partial charge on any atom is 0.265 e. The number of carbonyl (C=O) groups excluding carboxylic acids is 1. The first-order valence-electron chi connectivity index (χ1n) is 6.62. The van der Waals surface area contributed by atoms with Gasteiger partial charge >= 0.3 is 0 Å². The molecule has 0 atom stereocenters. The van der Waals surface area contributed by atoms with Crippen LogP contribution in [-0.2, 0) is 0 Å². The Labute approximate surface area is 128 Å². The Morgan fingerprint density at radius 3 is 2.71 bits per heavy atom. The maximum atomic E-state index is 11.4. The van der Waals surface area contributed by atoms with Gasteiger partial charge in [-0.25, -0.2) is 5.84 Å². The minimum atomic E-state index is -0.325. The summed E-state index contributed by atoms with van der Waals surface area (Å²) in [5.41, 5.74) is 3.85. The molecule has 3 N–H and O–H groups in total. The van der Waals surface area contributed by atoms with Crippen molar-refractivity contribution in [3.8, 4) is 5.75 Å². The molecule has 2 aromatic carbocycles. The van der Waals surface area contributed by atoms with Gasteiger partial charge in [-0.2, -0.15) is 0 Å². The Morgan fingerprint density at radius 1 is 1.24 bits per heavy atom. The van der Waals surface area contributed by atoms with Gasteiger partial charge in [-0.15, -0.1) is 11.8 Å². The number of nitrogens with two attached hydrogens (primary N) is 1. The maximum absolute atomic E-state index is 11.4. The van der Waals surface area contributed by atoms with Crippen LogP contribution < -0.4 is 16.0 Å². The Balaban J connectivity index is 1.80. The van der Waals surface area contributed by atoms with Gasteiger partial charge in [-0.1, -0.05) is 23.8 Å². The zero-order valence-corrected chi connectivity index (χ0v) is 12.7. The molecule has 0 radical (unpaired) electrons. The molecule has 0 aliphatic heterocycles. The quantitative estimate of drug-likeness (QED) is 0.283. The molecule has 0 aliphatic carbocycles. The highest BCUT2D eigenvalue weighted by Gasteiger charge is 2.04. The summed E-state index contributed by atoms with van der Waals surface area (Å²) >= 11 is 1.74. The zero-order chi connectivity index (χ0) is 15.1. The molecule has 0 fully saturated rings. The Morgan fingerprint density at radius 2 is 2.00 bits per heavy atom. The van der Waals surface area contributed by atoms with Crippen molar-refractivity contribution in [2.45, 2.75) is 11.8 Å². The van der Waals surface area contributed by atoms with Crippen molar-refractivity contribution in [1.29, 1.82) is 0 Å². The van der Waals surface area contributed by atoms with Gasteiger partial charge in [-0.3, -0.25) is 10.2 Å². The fourth-order valence-electron chi connectivity index (χ4n) is 1.76. The first-order chi connectivity index (χ1) is 10.2. The number of benzene rings is 2. The summed E-state index contributed by atoms with van der Waals surface area (Å²) < 4.78 is 5.65. The van der Waals surface area contributed by atoms with Gasteiger partial charge in [-0.05, 0) is 37.3 Å². The lowest BCUT2D eigenvalue weighted by molar-refractivity contribution is 0.0953. The van der Waals surface area contributed by atoms with Gasteiger partial charge in [0.2, 0.25) is 0 Å². The van der Waals surface area contributed by atoms with Crippen LogP contribution in [0.4, 0.5) is 0 Å². The van der Waals surface area contributed by atoms with Gasteiger partial charge in [0.05, 0.1) is 6.61 Å². The number of ether oxygens (including phenoxy) is 1. The van der Waals surface area contributed by atoms with Crippen LogP contribution in [0.1, 0.15) is 15.9 Å². The zero-order valence-electron chi connectivity index (χ0n) is 11.8. The Kier molecular flexibility index (Phi) is 5.66. The minimum absolute atomic E-state index is 0.325. The number of nitrogen functional groups attached to an aromatic ring is 1. The summed E-state index contributed by atoms with van der Waals surface area (Å²) in [6.07, 6.45) is 0. The largest absolute Gasteiger partial charge is 0.493 e. The number of amides is 1. The van der Waals surface area contributed by atoms with Crippen LogP contribution in [-0.4, -0.2) is 18.3 Å². The number of hydrogen-bond donors (Lipinski definition) is 2. The second-order valence-electron chi connectivity index (χ2n) is 4.51. The summed E-state index contributed by atoms with van der Waals surface area (Å²) in [4.78, 5) is 12.6. The molecule has 2 aromatic rings. The summed E-state index contributed by atoms with van der Waals surface area (Å²) in [5, 5.41) is 0. The van der Waals surface area contributed by atoms with Crippen molar-refractivity contribution in [2.24, 2.45) is 5.84 Å². The molecule has 4 nitrogen and oxygen atoms in total. The molecule has 0 spiro atoms. The van der Waals surface area contributed by atoms with Gasteiger partial charge in [0.15, 0.2) is 0 Å². The summed E-state index contributed by atoms with van der Waals surface area (Å²) in [6, 6.07) is 15.4. The van der Waals surface area contributed by atoms with E-state index in [4.69, 9.17) is 10.6 Å². The number of thioether (sulfide) groups is 1. The van der Waals surface area contributed by atoms with E-state index in [1.165, 1.54) is 10.5 Å². The van der Waals surface area contributed by atoms with Crippen molar-refractivity contribution < 1.29 is 9.53 Å². The number of carbonyl (C=O) groups is 1. The van der Waals surface area contributed by atoms with Crippen molar-refractivity contribution >= 4 is 17.7 Å². The first-order valence-corrected chi connectivity index (χ1v) is 7.61. The predicted octanol–water partition coefficient (Wildman–Crippen LogP) is 2.77. The van der Waals surface area contributed by atoms with Gasteiger partial charge in [0.25, 0.3) is 5.91 Å². The third-order valence-corrected chi connectivity index (χ3v) is 3.85. The molecule has 110 valence electrons. The minimum Gasteiger partial charge on any atom is -0.493 e. The van der Waals surface area contributed by atoms with Crippen LogP contribution in [0.5, 0.6) is 5.75 Å². The molecule has 0 aromatic heterocycles. The molecular formula is C16H18N2O2S. The summed E-state index contributed by atoms with van der Waals surface area (Å²) in [5.74, 6) is 6.29. The average molecular weight is 302 g/mol. The second kappa shape index (κ2) is 7.71. The smallest absolute Gasteiger partial charge is 0.265 e. The molecule has 5 heteroatoms. The number of hydrogen-bond acceptors (Lipinski definition) is 4. The van der Waals surface area contributed by atoms with Crippen molar-refractivity contribution in [1.82, 2.24) is 5.43 Å². The van der Waals surface area contributed by atoms with E-state index in [0.717, 1.165) is 5.75 Å². The van der Waals surface area contributed by atoms with Crippen LogP contribution >= 0.6 is 11.8 Å². The molecule has 0 saturated carbocycles. The van der Waals surface area contributed by atoms with Crippen LogP contribution in [0.3, 0.4) is 0 Å². The van der Waals surface area contributed by atoms with E-state index in [2.05, 4.69) is 36.6 Å². The third kappa shape index (κ3) is 4.81. The number of aryl methyl sites for hydroxylation is 1. The average Bonchev–Trinajstić information content (AvgIpc) is 2.53. The van der Waals surface area contributed by atoms with E-state index in [1.54, 1.807) is 30.0 Å². The fraction of sp³-hybridized carbons (Fsp3) is 0.188. The molecule has 0 unspecified atom stereocenters. The Bertz CT molecular complexity index is 599. The molecule has 2 rings (SSSR count). The van der Waals surface area contributed by atoms with E-state index in [-0.39, 0.29) is 5.91 Å². The van der Waals surface area contributed by atoms with E-state index in [1.807, 2.05) is 6.07 Å². The highest BCUT2D eigenvalue weighted by atomic mass is 32.2. The lowest BCUT2D eigenvalue weighted by atomic mass is 10.2. The van der Waals surface area contributed by atoms with Gasteiger partial charge in [0.1, 0.15) is 5.75 Å². The van der Waals surface area contributed by atoms with Crippen LogP contribution in [0.25, 0.3) is 0 Å². The normalized spacial score (nSPS) is 10.2. The van der Waals surface area contributed by atoms with E-state index in [0.29, 0.717) is 17.9 Å². The fourth-order valence-corrected chi connectivity index (χ4v) is 2.49. The van der Waals surface area contributed by atoms with Crippen LogP contribution in [0, 0.1) is 6.92 Å². The number of rotatable bonds is 6. The molecule has 21 heavy (non-hydrogen) atoms. The van der Waals surface area contributed by atoms with Crippen molar-refractivity contribution in [3.63, 3.8) is 0 Å². The summed E-state index contributed by atoms with van der Waals surface area (Å²) in [7, 11) is 0. The number of hydrazine groups is 1. The summed E-state index contributed by atoms with van der Waals surface area (Å²) in [6.45, 7) is 2.65. The van der Waals surface area contributed by atoms with Gasteiger partial charge in [0, 0.05) is 16.2 Å². The molecule has 0 aliphatic rings. The molecule has 0 heterocycles. The van der Waals surface area contributed by atoms with Crippen molar-refractivity contribution in [2.75, 3.05) is 12.4 Å². The molecule has 0 bridgehead atoms. The third-order valence-electron chi connectivity index (χ3n) is 2.87. The first kappa shape index (κ1) is 15.4. The second-order valence-corrected chi connectivity index (χ2v) is 5.68. The molecule has 1 amide bonds. The van der Waals surface area contributed by atoms with Gasteiger partial charge < -0.3 is 4.74 Å². The Hall–Kier alpha value is -1.98. The topological polar surface area (TPSA) is 64.3 Å². The van der Waals surface area contributed by atoms with E-state index >= 15 is 0 Å². The molecular weight excluding hydrogens is 284 g/mol. The monoisotopic (exact) mass is 302 g/mol. The number of nitrogens with one attached hydrogen (secondary N) is 1. The lowest BCUT2D eigenvalue weighted by Crippen LogP contribution is -2.29. The SMILES string of the molecule is Cc1ccc(SCCOc2cccc(C(=O)NN)c2)cc1. The lowest BCUT2D eigenvalue weighted by Gasteiger charge is -2.07. The van der Waals surface area contributed by atoms with Crippen molar-refractivity contribution in [3.05, 3.63) is 59.7 Å². The van der Waals surface area contributed by atoms with E-state index < -0.39 is 0 Å². The highest BCUT2D eigenvalue weighted by molar-refractivity contribution is 7.99. The standard InChI is InChI=1S/C16H18N2O2S/c1-12-5-7-15(8-6-12)21-10-9-20-14-4-2-3-13(11-14)16(19)18-17/h2-8,11H,9-10,17H2,1H3,(H,18,19).